The molecule has 1 aliphatic rings. The number of nitrogens with zero attached hydrogens (tertiary/aromatic N) is 1. The Bertz CT molecular complexity index is 364. The van der Waals surface area contributed by atoms with E-state index in [0.29, 0.717) is 5.92 Å². The van der Waals surface area contributed by atoms with Gasteiger partial charge in [0.1, 0.15) is 0 Å². The predicted molar refractivity (Wildman–Crippen MR) is 68.9 cm³/mol. The lowest BCUT2D eigenvalue weighted by atomic mass is 9.96. The molecule has 1 aromatic carbocycles. The third-order valence-electron chi connectivity index (χ3n) is 2.76. The maximum Gasteiger partial charge on any atom is 0.0260 e. The first-order chi connectivity index (χ1) is 7.75. The Morgan fingerprint density at radius 3 is 2.75 bits per heavy atom. The van der Waals surface area contributed by atoms with Gasteiger partial charge in [-0.15, -0.1) is 0 Å². The molecule has 16 heavy (non-hydrogen) atoms. The predicted octanol–water partition coefficient (Wildman–Crippen LogP) is 2.75. The molecule has 1 aliphatic heterocycles. The van der Waals surface area contributed by atoms with Crippen LogP contribution in [0.25, 0.3) is 0 Å². The molecule has 0 saturated carbocycles. The molecule has 1 aromatic rings. The SMILES string of the molecule is CC(CCC1=CNN(N)S1)c1ccccc1. The van der Waals surface area contributed by atoms with Gasteiger partial charge >= 0.3 is 0 Å². The van der Waals surface area contributed by atoms with Crippen molar-refractivity contribution in [2.24, 2.45) is 5.84 Å². The van der Waals surface area contributed by atoms with Crippen LogP contribution >= 0.6 is 11.9 Å². The summed E-state index contributed by atoms with van der Waals surface area (Å²) in [5.41, 5.74) is 4.35. The molecular formula is C12H17N3S. The number of nitrogens with two attached hydrogens (primary N) is 1. The van der Waals surface area contributed by atoms with Gasteiger partial charge < -0.3 is 5.43 Å². The third-order valence-corrected chi connectivity index (χ3v) is 3.62. The highest BCUT2D eigenvalue weighted by molar-refractivity contribution is 8.00. The van der Waals surface area contributed by atoms with Crippen molar-refractivity contribution in [2.75, 3.05) is 0 Å². The number of hydrogen-bond acceptors (Lipinski definition) is 4. The molecule has 4 heteroatoms. The van der Waals surface area contributed by atoms with Gasteiger partial charge in [0.2, 0.25) is 0 Å². The minimum atomic E-state index is 0.592. The number of benzene rings is 1. The summed E-state index contributed by atoms with van der Waals surface area (Å²) in [6, 6.07) is 10.6. The second-order valence-corrected chi connectivity index (χ2v) is 5.11. The summed E-state index contributed by atoms with van der Waals surface area (Å²) in [4.78, 5) is 1.30. The summed E-state index contributed by atoms with van der Waals surface area (Å²) in [5, 5.41) is 0. The Hall–Kier alpha value is -0.970. The van der Waals surface area contributed by atoms with Gasteiger partial charge in [0.15, 0.2) is 0 Å². The van der Waals surface area contributed by atoms with Crippen LogP contribution < -0.4 is 11.3 Å². The summed E-state index contributed by atoms with van der Waals surface area (Å²) < 4.78 is 1.53. The third kappa shape index (κ3) is 3.01. The van der Waals surface area contributed by atoms with Crippen molar-refractivity contribution in [3.8, 4) is 0 Å². The van der Waals surface area contributed by atoms with Crippen LogP contribution in [0.4, 0.5) is 0 Å². The fourth-order valence-corrected chi connectivity index (χ4v) is 2.41. The maximum absolute atomic E-state index is 5.58. The molecule has 1 unspecified atom stereocenters. The molecule has 0 spiro atoms. The second-order valence-electron chi connectivity index (χ2n) is 4.01. The topological polar surface area (TPSA) is 41.3 Å². The number of nitrogens with one attached hydrogen (secondary N) is 1. The van der Waals surface area contributed by atoms with E-state index in [2.05, 4.69) is 42.7 Å². The molecule has 3 nitrogen and oxygen atoms in total. The van der Waals surface area contributed by atoms with Gasteiger partial charge in [-0.2, -0.15) is 0 Å². The Balaban J connectivity index is 1.82. The van der Waals surface area contributed by atoms with E-state index >= 15 is 0 Å². The van der Waals surface area contributed by atoms with E-state index in [1.807, 2.05) is 6.20 Å². The molecule has 0 saturated heterocycles. The van der Waals surface area contributed by atoms with Crippen LogP contribution in [-0.2, 0) is 0 Å². The average Bonchev–Trinajstić information content (AvgIpc) is 2.73. The molecule has 0 aromatic heterocycles. The lowest BCUT2D eigenvalue weighted by molar-refractivity contribution is 0.440. The standard InChI is InChI=1S/C12H17N3S/c1-10(11-5-3-2-4-6-11)7-8-12-9-14-15(13)16-12/h2-6,9-10,14H,7-8,13H2,1H3. The Morgan fingerprint density at radius 1 is 1.38 bits per heavy atom. The van der Waals surface area contributed by atoms with Crippen LogP contribution in [0.2, 0.25) is 0 Å². The molecule has 86 valence electrons. The number of rotatable bonds is 4. The van der Waals surface area contributed by atoms with Crippen LogP contribution in [0.5, 0.6) is 0 Å². The van der Waals surface area contributed by atoms with Crippen molar-refractivity contribution in [3.05, 3.63) is 47.0 Å². The first-order valence-corrected chi connectivity index (χ1v) is 6.26. The van der Waals surface area contributed by atoms with Crippen molar-refractivity contribution in [1.29, 1.82) is 0 Å². The van der Waals surface area contributed by atoms with Crippen molar-refractivity contribution < 1.29 is 0 Å². The van der Waals surface area contributed by atoms with Gasteiger partial charge in [0.05, 0.1) is 0 Å². The number of hydrazine groups is 2. The monoisotopic (exact) mass is 235 g/mol. The summed E-state index contributed by atoms with van der Waals surface area (Å²) >= 11 is 1.56. The molecule has 0 aliphatic carbocycles. The van der Waals surface area contributed by atoms with E-state index in [0.717, 1.165) is 12.8 Å². The van der Waals surface area contributed by atoms with Crippen LogP contribution in [0, 0.1) is 0 Å². The Labute approximate surface area is 101 Å². The lowest BCUT2D eigenvalue weighted by Gasteiger charge is -2.11. The van der Waals surface area contributed by atoms with Crippen LogP contribution in [0.3, 0.4) is 0 Å². The zero-order valence-corrected chi connectivity index (χ0v) is 10.2. The quantitative estimate of drug-likeness (QED) is 0.622. The molecule has 3 N–H and O–H groups in total. The van der Waals surface area contributed by atoms with Crippen molar-refractivity contribution >= 4 is 11.9 Å². The highest BCUT2D eigenvalue weighted by atomic mass is 32.2. The maximum atomic E-state index is 5.58. The zero-order chi connectivity index (χ0) is 11.4. The Morgan fingerprint density at radius 2 is 2.12 bits per heavy atom. The van der Waals surface area contributed by atoms with E-state index in [4.69, 9.17) is 5.84 Å². The van der Waals surface area contributed by atoms with Gasteiger partial charge in [-0.1, -0.05) is 41.8 Å². The zero-order valence-electron chi connectivity index (χ0n) is 9.39. The van der Waals surface area contributed by atoms with E-state index in [1.54, 1.807) is 11.9 Å². The minimum absolute atomic E-state index is 0.592. The molecule has 2 rings (SSSR count). The van der Waals surface area contributed by atoms with E-state index < -0.39 is 0 Å². The minimum Gasteiger partial charge on any atom is -0.302 e. The summed E-state index contributed by atoms with van der Waals surface area (Å²) in [6.45, 7) is 2.27. The highest BCUT2D eigenvalue weighted by Crippen LogP contribution is 2.29. The Kier molecular flexibility index (Phi) is 3.88. The first-order valence-electron chi connectivity index (χ1n) is 5.48. The van der Waals surface area contributed by atoms with Gasteiger partial charge in [-0.25, -0.2) is 5.84 Å². The molecule has 0 bridgehead atoms. The smallest absolute Gasteiger partial charge is 0.0260 e. The molecular weight excluding hydrogens is 218 g/mol. The first kappa shape index (κ1) is 11.5. The normalized spacial score (nSPS) is 18.0. The van der Waals surface area contributed by atoms with Crippen LogP contribution in [-0.4, -0.2) is 4.52 Å². The van der Waals surface area contributed by atoms with Gasteiger partial charge in [0.25, 0.3) is 0 Å². The second kappa shape index (κ2) is 5.39. The molecule has 0 radical (unpaired) electrons. The molecule has 0 fully saturated rings. The molecule has 1 atom stereocenters. The van der Waals surface area contributed by atoms with Gasteiger partial charge in [-0.3, -0.25) is 0 Å². The fraction of sp³-hybridized carbons (Fsp3) is 0.333. The largest absolute Gasteiger partial charge is 0.302 e. The summed E-state index contributed by atoms with van der Waals surface area (Å²) in [7, 11) is 0. The van der Waals surface area contributed by atoms with Gasteiger partial charge in [0, 0.05) is 11.1 Å². The van der Waals surface area contributed by atoms with E-state index in [-0.39, 0.29) is 0 Å². The average molecular weight is 235 g/mol. The number of allylic oxidation sites excluding steroid dienone is 1. The van der Waals surface area contributed by atoms with Crippen molar-refractivity contribution in [1.82, 2.24) is 9.95 Å². The van der Waals surface area contributed by atoms with Crippen LogP contribution in [0.1, 0.15) is 31.2 Å². The van der Waals surface area contributed by atoms with E-state index in [9.17, 15) is 0 Å². The summed E-state index contributed by atoms with van der Waals surface area (Å²) in [5.74, 6) is 6.17. The highest BCUT2D eigenvalue weighted by Gasteiger charge is 2.13. The summed E-state index contributed by atoms with van der Waals surface area (Å²) in [6.07, 6.45) is 4.20. The van der Waals surface area contributed by atoms with E-state index in [1.165, 1.54) is 15.0 Å². The van der Waals surface area contributed by atoms with Crippen LogP contribution in [0.15, 0.2) is 41.4 Å². The fourth-order valence-electron chi connectivity index (χ4n) is 1.74. The lowest BCUT2D eigenvalue weighted by Crippen LogP contribution is -2.30. The molecule has 1 heterocycles. The van der Waals surface area contributed by atoms with Gasteiger partial charge in [-0.05, 0) is 36.3 Å². The van der Waals surface area contributed by atoms with Crippen molar-refractivity contribution in [3.63, 3.8) is 0 Å². The number of hydrogen-bond donors (Lipinski definition) is 2. The van der Waals surface area contributed by atoms with Crippen molar-refractivity contribution in [2.45, 2.75) is 25.7 Å². The molecule has 0 amide bonds.